The molecule has 1 N–H and O–H groups in total. The van der Waals surface area contributed by atoms with Gasteiger partial charge in [-0.1, -0.05) is 29.8 Å². The Morgan fingerprint density at radius 2 is 2.04 bits per heavy atom. The first-order valence-corrected chi connectivity index (χ1v) is 7.62. The fraction of sp³-hybridized carbons (Fsp3) is 0.235. The molecule has 1 atom stereocenters. The summed E-state index contributed by atoms with van der Waals surface area (Å²) < 4.78 is 16.7. The third kappa shape index (κ3) is 4.29. The zero-order valence-corrected chi connectivity index (χ0v) is 13.1. The average molecular weight is 334 g/mol. The summed E-state index contributed by atoms with van der Waals surface area (Å²) in [7, 11) is 0. The molecule has 1 aliphatic heterocycles. The monoisotopic (exact) mass is 333 g/mol. The summed E-state index contributed by atoms with van der Waals surface area (Å²) in [5, 5.41) is 3.33. The van der Waals surface area contributed by atoms with Crippen molar-refractivity contribution in [2.45, 2.75) is 6.10 Å². The highest BCUT2D eigenvalue weighted by Gasteiger charge is 2.21. The quantitative estimate of drug-likeness (QED) is 0.914. The summed E-state index contributed by atoms with van der Waals surface area (Å²) in [4.78, 5) is 11.8. The van der Waals surface area contributed by atoms with Crippen molar-refractivity contribution in [2.24, 2.45) is 0 Å². The van der Waals surface area contributed by atoms with Gasteiger partial charge in [-0.2, -0.15) is 0 Å². The zero-order valence-electron chi connectivity index (χ0n) is 12.3. The highest BCUT2D eigenvalue weighted by Crippen LogP contribution is 2.30. The highest BCUT2D eigenvalue weighted by atomic mass is 35.5. The molecule has 0 spiro atoms. The summed E-state index contributed by atoms with van der Waals surface area (Å²) in [5.74, 6) is 1.74. The van der Waals surface area contributed by atoms with E-state index < -0.39 is 0 Å². The lowest BCUT2D eigenvalue weighted by molar-refractivity contribution is -0.123. The number of rotatable bonds is 5. The van der Waals surface area contributed by atoms with E-state index in [0.717, 1.165) is 5.75 Å². The number of nitrogens with one attached hydrogen (secondary N) is 1. The summed E-state index contributed by atoms with van der Waals surface area (Å²) in [5.41, 5.74) is 0. The minimum atomic E-state index is -0.229. The molecule has 0 aromatic heterocycles. The molecule has 1 aliphatic rings. The van der Waals surface area contributed by atoms with Crippen LogP contribution in [-0.2, 0) is 4.79 Å². The minimum Gasteiger partial charge on any atom is -0.486 e. The van der Waals surface area contributed by atoms with Gasteiger partial charge in [-0.15, -0.1) is 0 Å². The maximum atomic E-state index is 11.8. The Kier molecular flexibility index (Phi) is 4.88. The van der Waals surface area contributed by atoms with Crippen molar-refractivity contribution in [1.29, 1.82) is 0 Å². The number of amides is 1. The second-order valence-electron chi connectivity index (χ2n) is 5.05. The van der Waals surface area contributed by atoms with Crippen LogP contribution in [0.5, 0.6) is 17.2 Å². The topological polar surface area (TPSA) is 56.8 Å². The molecule has 0 saturated carbocycles. The highest BCUT2D eigenvalue weighted by molar-refractivity contribution is 6.30. The van der Waals surface area contributed by atoms with Gasteiger partial charge in [0.1, 0.15) is 18.5 Å². The summed E-state index contributed by atoms with van der Waals surface area (Å²) in [6.45, 7) is 0.670. The van der Waals surface area contributed by atoms with Gasteiger partial charge in [0.2, 0.25) is 0 Å². The van der Waals surface area contributed by atoms with Crippen LogP contribution in [0.3, 0.4) is 0 Å². The zero-order chi connectivity index (χ0) is 16.1. The molecule has 2 aromatic carbocycles. The molecule has 2 aromatic rings. The number of ether oxygens (including phenoxy) is 3. The van der Waals surface area contributed by atoms with Gasteiger partial charge >= 0.3 is 0 Å². The molecule has 0 saturated heterocycles. The van der Waals surface area contributed by atoms with Crippen molar-refractivity contribution in [3.63, 3.8) is 0 Å². The van der Waals surface area contributed by atoms with Gasteiger partial charge in [0, 0.05) is 5.02 Å². The van der Waals surface area contributed by atoms with E-state index in [1.54, 1.807) is 24.3 Å². The van der Waals surface area contributed by atoms with Crippen LogP contribution in [0.15, 0.2) is 48.5 Å². The fourth-order valence-electron chi connectivity index (χ4n) is 2.15. The molecule has 0 aliphatic carbocycles. The Bertz CT molecular complexity index is 692. The summed E-state index contributed by atoms with van der Waals surface area (Å²) in [6.07, 6.45) is -0.222. The first kappa shape index (κ1) is 15.5. The van der Waals surface area contributed by atoms with Crippen molar-refractivity contribution in [3.8, 4) is 17.2 Å². The number of hydrogen-bond donors (Lipinski definition) is 1. The van der Waals surface area contributed by atoms with E-state index in [-0.39, 0.29) is 18.6 Å². The van der Waals surface area contributed by atoms with Gasteiger partial charge < -0.3 is 19.5 Å². The largest absolute Gasteiger partial charge is 0.486 e. The number of halogens is 1. The van der Waals surface area contributed by atoms with E-state index in [1.165, 1.54) is 0 Å². The molecule has 5 nitrogen and oxygen atoms in total. The normalized spacial score (nSPS) is 15.8. The minimum absolute atomic E-state index is 0.0789. The first-order chi connectivity index (χ1) is 11.2. The molecule has 1 amide bonds. The third-order valence-corrected chi connectivity index (χ3v) is 3.50. The maximum absolute atomic E-state index is 11.8. The molecule has 0 bridgehead atoms. The van der Waals surface area contributed by atoms with Gasteiger partial charge in [0.05, 0.1) is 6.54 Å². The molecule has 0 unspecified atom stereocenters. The Morgan fingerprint density at radius 3 is 2.87 bits per heavy atom. The van der Waals surface area contributed by atoms with Crippen LogP contribution in [0, 0.1) is 0 Å². The van der Waals surface area contributed by atoms with Crippen LogP contribution in [0.2, 0.25) is 5.02 Å². The molecule has 1 heterocycles. The van der Waals surface area contributed by atoms with Gasteiger partial charge in [-0.05, 0) is 30.3 Å². The summed E-state index contributed by atoms with van der Waals surface area (Å²) in [6, 6.07) is 14.4. The van der Waals surface area contributed by atoms with E-state index in [0.29, 0.717) is 29.7 Å². The second kappa shape index (κ2) is 7.24. The summed E-state index contributed by atoms with van der Waals surface area (Å²) >= 11 is 5.85. The van der Waals surface area contributed by atoms with Crippen LogP contribution in [0.4, 0.5) is 0 Å². The molecule has 23 heavy (non-hydrogen) atoms. The van der Waals surface area contributed by atoms with Gasteiger partial charge in [-0.25, -0.2) is 0 Å². The van der Waals surface area contributed by atoms with E-state index in [4.69, 9.17) is 25.8 Å². The Labute approximate surface area is 139 Å². The molecule has 0 fully saturated rings. The van der Waals surface area contributed by atoms with Crippen LogP contribution >= 0.6 is 11.6 Å². The van der Waals surface area contributed by atoms with E-state index in [1.807, 2.05) is 24.3 Å². The third-order valence-electron chi connectivity index (χ3n) is 3.26. The lowest BCUT2D eigenvalue weighted by Crippen LogP contribution is -2.42. The van der Waals surface area contributed by atoms with Crippen LogP contribution < -0.4 is 19.5 Å². The number of fused-ring (bicyclic) bond motifs is 1. The molecule has 0 radical (unpaired) electrons. The molecular weight excluding hydrogens is 318 g/mol. The van der Waals surface area contributed by atoms with Crippen LogP contribution in [0.25, 0.3) is 0 Å². The van der Waals surface area contributed by atoms with Crippen molar-refractivity contribution < 1.29 is 19.0 Å². The number of carbonyl (C=O) groups excluding carboxylic acids is 1. The predicted octanol–water partition coefficient (Wildman–Crippen LogP) is 2.68. The average Bonchev–Trinajstić information content (AvgIpc) is 2.58. The Hall–Kier alpha value is -2.40. The lowest BCUT2D eigenvalue weighted by atomic mass is 10.2. The lowest BCUT2D eigenvalue weighted by Gasteiger charge is -2.26. The SMILES string of the molecule is O=C(COc1cccc(Cl)c1)NC[C@H]1COc2ccccc2O1. The van der Waals surface area contributed by atoms with E-state index in [2.05, 4.69) is 5.32 Å². The van der Waals surface area contributed by atoms with E-state index in [9.17, 15) is 4.79 Å². The standard InChI is InChI=1S/C17H16ClNO4/c18-12-4-3-5-13(8-12)21-11-17(20)19-9-14-10-22-15-6-1-2-7-16(15)23-14/h1-8,14H,9-11H2,(H,19,20)/t14-/m0/s1. The number of para-hydroxylation sites is 2. The van der Waals surface area contributed by atoms with Crippen LogP contribution in [-0.4, -0.2) is 31.8 Å². The second-order valence-corrected chi connectivity index (χ2v) is 5.48. The van der Waals surface area contributed by atoms with Crippen LogP contribution in [0.1, 0.15) is 0 Å². The smallest absolute Gasteiger partial charge is 0.258 e. The first-order valence-electron chi connectivity index (χ1n) is 7.24. The van der Waals surface area contributed by atoms with Gasteiger partial charge in [0.25, 0.3) is 5.91 Å². The Morgan fingerprint density at radius 1 is 1.22 bits per heavy atom. The molecule has 120 valence electrons. The van der Waals surface area contributed by atoms with E-state index >= 15 is 0 Å². The number of benzene rings is 2. The Balaban J connectivity index is 1.43. The maximum Gasteiger partial charge on any atom is 0.258 e. The van der Waals surface area contributed by atoms with Crippen molar-refractivity contribution in [1.82, 2.24) is 5.32 Å². The van der Waals surface area contributed by atoms with Crippen molar-refractivity contribution in [3.05, 3.63) is 53.6 Å². The fourth-order valence-corrected chi connectivity index (χ4v) is 2.33. The molecular formula is C17H16ClNO4. The number of carbonyl (C=O) groups is 1. The molecule has 6 heteroatoms. The molecule has 3 rings (SSSR count). The van der Waals surface area contributed by atoms with Crippen molar-refractivity contribution in [2.75, 3.05) is 19.8 Å². The number of hydrogen-bond acceptors (Lipinski definition) is 4. The van der Waals surface area contributed by atoms with Crippen molar-refractivity contribution >= 4 is 17.5 Å². The van der Waals surface area contributed by atoms with Gasteiger partial charge in [0.15, 0.2) is 18.1 Å². The predicted molar refractivity (Wildman–Crippen MR) is 86.3 cm³/mol. The van der Waals surface area contributed by atoms with Gasteiger partial charge in [-0.3, -0.25) is 4.79 Å².